The Morgan fingerprint density at radius 2 is 1.61 bits per heavy atom. The number of sulfone groups is 1. The van der Waals surface area contributed by atoms with Gasteiger partial charge in [-0.25, -0.2) is 8.42 Å². The highest BCUT2D eigenvalue weighted by Gasteiger charge is 2.22. The van der Waals surface area contributed by atoms with Gasteiger partial charge in [0.05, 0.1) is 10.6 Å². The number of nitrogens with two attached hydrogens (primary N) is 1. The molecule has 3 aromatic rings. The Morgan fingerprint density at radius 3 is 2.21 bits per heavy atom. The van der Waals surface area contributed by atoms with Crippen LogP contribution < -0.4 is 11.1 Å². The van der Waals surface area contributed by atoms with Crippen LogP contribution in [0, 0.1) is 0 Å². The Hall–Kier alpha value is -2.66. The molecule has 1 atom stereocenters. The molecular weight excluding hydrogens is 404 g/mol. The topological polar surface area (TPSA) is 147 Å². The maximum atomic E-state index is 12.2. The average molecular weight is 422 g/mol. The summed E-state index contributed by atoms with van der Waals surface area (Å²) >= 11 is 0. The zero-order valence-electron chi connectivity index (χ0n) is 14.7. The van der Waals surface area contributed by atoms with Gasteiger partial charge in [-0.2, -0.15) is 8.42 Å². The van der Waals surface area contributed by atoms with Crippen LogP contribution in [0.25, 0.3) is 10.8 Å². The number of aliphatic hydroxyl groups excluding tert-OH is 1. The molecule has 0 aliphatic carbocycles. The van der Waals surface area contributed by atoms with Gasteiger partial charge < -0.3 is 16.2 Å². The molecule has 148 valence electrons. The summed E-state index contributed by atoms with van der Waals surface area (Å²) in [5, 5.41) is 13.4. The average Bonchev–Trinajstić information content (AvgIpc) is 2.63. The standard InChI is InChI=1S/C18H18N2O6S2/c1-11(21)27(22,23)13-6-4-5-12(9-13)20-16-10-17(28(24,25)26)18(19)15-8-3-2-7-14(15)16/h2-11,20-21H,19H2,1H3,(H,24,25,26). The van der Waals surface area contributed by atoms with Gasteiger partial charge in [-0.05, 0) is 31.2 Å². The van der Waals surface area contributed by atoms with Crippen molar-refractivity contribution in [3.05, 3.63) is 54.6 Å². The first-order chi connectivity index (χ1) is 13.0. The molecule has 0 aromatic heterocycles. The summed E-state index contributed by atoms with van der Waals surface area (Å²) in [6, 6.07) is 13.6. The van der Waals surface area contributed by atoms with Crippen LogP contribution in [0.3, 0.4) is 0 Å². The molecule has 0 saturated heterocycles. The molecule has 0 aliphatic rings. The third-order valence-electron chi connectivity index (χ3n) is 4.22. The molecule has 0 radical (unpaired) electrons. The Balaban J connectivity index is 2.17. The first kappa shape index (κ1) is 20.1. The number of rotatable bonds is 5. The fourth-order valence-electron chi connectivity index (χ4n) is 2.79. The van der Waals surface area contributed by atoms with E-state index in [9.17, 15) is 26.5 Å². The number of fused-ring (bicyclic) bond motifs is 1. The second-order valence-corrected chi connectivity index (χ2v) is 9.79. The number of hydrogen-bond acceptors (Lipinski definition) is 7. The monoisotopic (exact) mass is 422 g/mol. The van der Waals surface area contributed by atoms with Gasteiger partial charge in [0.25, 0.3) is 10.1 Å². The van der Waals surface area contributed by atoms with E-state index in [1.165, 1.54) is 24.3 Å². The van der Waals surface area contributed by atoms with Gasteiger partial charge in [0.1, 0.15) is 4.90 Å². The highest BCUT2D eigenvalue weighted by molar-refractivity contribution is 7.91. The van der Waals surface area contributed by atoms with Gasteiger partial charge >= 0.3 is 0 Å². The molecule has 0 bridgehead atoms. The van der Waals surface area contributed by atoms with E-state index >= 15 is 0 Å². The molecule has 5 N–H and O–H groups in total. The molecule has 8 nitrogen and oxygen atoms in total. The van der Waals surface area contributed by atoms with E-state index < -0.39 is 30.3 Å². The predicted molar refractivity (Wildman–Crippen MR) is 107 cm³/mol. The molecule has 10 heteroatoms. The highest BCUT2D eigenvalue weighted by atomic mass is 32.2. The Labute approximate surface area is 162 Å². The number of hydrogen-bond donors (Lipinski definition) is 4. The summed E-state index contributed by atoms with van der Waals surface area (Å²) in [6.45, 7) is 1.15. The van der Waals surface area contributed by atoms with Crippen molar-refractivity contribution in [1.82, 2.24) is 0 Å². The van der Waals surface area contributed by atoms with Crippen LogP contribution in [0.5, 0.6) is 0 Å². The fourth-order valence-corrected chi connectivity index (χ4v) is 4.40. The molecule has 0 fully saturated rings. The number of nitrogens with one attached hydrogen (secondary N) is 1. The SMILES string of the molecule is CC(O)S(=O)(=O)c1cccc(Nc2cc(S(=O)(=O)O)c(N)c3ccccc23)c1. The number of aliphatic hydroxyl groups is 1. The fraction of sp³-hybridized carbons (Fsp3) is 0.111. The smallest absolute Gasteiger partial charge is 0.296 e. The molecule has 0 saturated carbocycles. The normalized spacial score (nSPS) is 13.4. The summed E-state index contributed by atoms with van der Waals surface area (Å²) in [4.78, 5) is -0.552. The third kappa shape index (κ3) is 3.67. The van der Waals surface area contributed by atoms with Crippen LogP contribution >= 0.6 is 0 Å². The van der Waals surface area contributed by atoms with Crippen LogP contribution in [-0.4, -0.2) is 31.9 Å². The molecule has 0 heterocycles. The quantitative estimate of drug-likeness (QED) is 0.362. The lowest BCUT2D eigenvalue weighted by Crippen LogP contribution is -2.16. The van der Waals surface area contributed by atoms with Crippen molar-refractivity contribution < 1.29 is 26.5 Å². The zero-order valence-corrected chi connectivity index (χ0v) is 16.3. The number of nitrogen functional groups attached to an aromatic ring is 1. The zero-order chi connectivity index (χ0) is 20.7. The molecule has 0 spiro atoms. The van der Waals surface area contributed by atoms with Crippen molar-refractivity contribution >= 4 is 47.8 Å². The van der Waals surface area contributed by atoms with Crippen molar-refractivity contribution in [3.8, 4) is 0 Å². The molecule has 3 aromatic carbocycles. The van der Waals surface area contributed by atoms with Gasteiger partial charge in [-0.15, -0.1) is 0 Å². The predicted octanol–water partition coefficient (Wildman–Crippen LogP) is 2.52. The van der Waals surface area contributed by atoms with Crippen LogP contribution in [-0.2, 0) is 20.0 Å². The van der Waals surface area contributed by atoms with E-state index in [1.807, 2.05) is 0 Å². The van der Waals surface area contributed by atoms with Crippen molar-refractivity contribution in [2.45, 2.75) is 22.2 Å². The minimum Gasteiger partial charge on any atom is -0.397 e. The van der Waals surface area contributed by atoms with E-state index in [2.05, 4.69) is 5.32 Å². The lowest BCUT2D eigenvalue weighted by Gasteiger charge is -2.15. The van der Waals surface area contributed by atoms with Crippen LogP contribution in [0.15, 0.2) is 64.4 Å². The van der Waals surface area contributed by atoms with Gasteiger partial charge in [0.2, 0.25) is 9.84 Å². The maximum Gasteiger partial charge on any atom is 0.296 e. The lowest BCUT2D eigenvalue weighted by atomic mass is 10.1. The van der Waals surface area contributed by atoms with Crippen LogP contribution in [0.1, 0.15) is 6.92 Å². The Kier molecular flexibility index (Phi) is 5.06. The maximum absolute atomic E-state index is 12.2. The number of anilines is 3. The van der Waals surface area contributed by atoms with Crippen molar-refractivity contribution in [3.63, 3.8) is 0 Å². The highest BCUT2D eigenvalue weighted by Crippen LogP contribution is 2.36. The van der Waals surface area contributed by atoms with Gasteiger partial charge in [-0.1, -0.05) is 30.3 Å². The van der Waals surface area contributed by atoms with Crippen LogP contribution in [0.4, 0.5) is 17.1 Å². The summed E-state index contributed by atoms with van der Waals surface area (Å²) in [7, 11) is -8.49. The Bertz CT molecular complexity index is 1270. The molecule has 0 amide bonds. The summed E-state index contributed by atoms with van der Waals surface area (Å²) in [6.07, 6.45) is 0. The van der Waals surface area contributed by atoms with Crippen molar-refractivity contribution in [2.24, 2.45) is 0 Å². The minimum absolute atomic E-state index is 0.0888. The Morgan fingerprint density at radius 1 is 0.964 bits per heavy atom. The van der Waals surface area contributed by atoms with E-state index in [0.29, 0.717) is 22.1 Å². The van der Waals surface area contributed by atoms with Gasteiger partial charge in [-0.3, -0.25) is 4.55 Å². The number of benzene rings is 3. The summed E-state index contributed by atoms with van der Waals surface area (Å²) in [5.74, 6) is 0. The van der Waals surface area contributed by atoms with Crippen LogP contribution in [0.2, 0.25) is 0 Å². The van der Waals surface area contributed by atoms with Gasteiger partial charge in [0.15, 0.2) is 5.44 Å². The van der Waals surface area contributed by atoms with E-state index in [4.69, 9.17) is 5.73 Å². The second kappa shape index (κ2) is 7.06. The van der Waals surface area contributed by atoms with E-state index in [0.717, 1.165) is 6.92 Å². The first-order valence-corrected chi connectivity index (χ1v) is 11.1. The largest absolute Gasteiger partial charge is 0.397 e. The molecule has 1 unspecified atom stereocenters. The molecule has 0 aliphatic heterocycles. The van der Waals surface area contributed by atoms with Gasteiger partial charge in [0, 0.05) is 22.1 Å². The lowest BCUT2D eigenvalue weighted by molar-refractivity contribution is 0.268. The van der Waals surface area contributed by atoms with Crippen molar-refractivity contribution in [2.75, 3.05) is 11.1 Å². The van der Waals surface area contributed by atoms with Crippen molar-refractivity contribution in [1.29, 1.82) is 0 Å². The molecule has 28 heavy (non-hydrogen) atoms. The second-order valence-electron chi connectivity index (χ2n) is 6.15. The molecular formula is C18H18N2O6S2. The third-order valence-corrected chi connectivity index (χ3v) is 6.92. The summed E-state index contributed by atoms with van der Waals surface area (Å²) < 4.78 is 57.2. The first-order valence-electron chi connectivity index (χ1n) is 8.09. The summed E-state index contributed by atoms with van der Waals surface area (Å²) in [5.41, 5.74) is 4.90. The minimum atomic E-state index is -4.58. The van der Waals surface area contributed by atoms with E-state index in [-0.39, 0.29) is 10.6 Å². The van der Waals surface area contributed by atoms with E-state index in [1.54, 1.807) is 30.3 Å². The molecule has 3 rings (SSSR count).